The molecule has 2 aromatic rings. The summed E-state index contributed by atoms with van der Waals surface area (Å²) in [6, 6.07) is 13.8. The van der Waals surface area contributed by atoms with Crippen LogP contribution in [0.4, 0.5) is 0 Å². The number of likely N-dealkylation sites (N-methyl/N-ethyl adjacent to an activating group) is 1. The molecule has 142 valence electrons. The Morgan fingerprint density at radius 3 is 2.56 bits per heavy atom. The minimum atomic E-state index is -0.650. The number of amides is 2. The fraction of sp³-hybridized carbons (Fsp3) is 0.300. The second-order valence-electron chi connectivity index (χ2n) is 6.42. The normalized spacial score (nSPS) is 16.3. The zero-order chi connectivity index (χ0) is 19.4. The average Bonchev–Trinajstić information content (AvgIpc) is 2.67. The highest BCUT2D eigenvalue weighted by Gasteiger charge is 2.26. The molecule has 1 aliphatic heterocycles. The maximum atomic E-state index is 12.6. The molecular formula is C20H21BrN2O4. The molecule has 3 rings (SSSR count). The number of ether oxygens (including phenoxy) is 2. The number of nitrogens with one attached hydrogen (secondary N) is 1. The Balaban J connectivity index is 1.54. The number of halogens is 1. The van der Waals surface area contributed by atoms with Crippen molar-refractivity contribution in [2.75, 3.05) is 20.2 Å². The van der Waals surface area contributed by atoms with Gasteiger partial charge in [-0.15, -0.1) is 0 Å². The van der Waals surface area contributed by atoms with E-state index in [2.05, 4.69) is 21.2 Å². The summed E-state index contributed by atoms with van der Waals surface area (Å²) in [7, 11) is 1.69. The van der Waals surface area contributed by atoms with E-state index in [-0.39, 0.29) is 17.9 Å². The van der Waals surface area contributed by atoms with Crippen molar-refractivity contribution in [3.05, 3.63) is 58.6 Å². The third kappa shape index (κ3) is 4.80. The van der Waals surface area contributed by atoms with Crippen molar-refractivity contribution in [3.63, 3.8) is 0 Å². The van der Waals surface area contributed by atoms with Crippen LogP contribution in [-0.2, 0) is 4.79 Å². The predicted molar refractivity (Wildman–Crippen MR) is 105 cm³/mol. The van der Waals surface area contributed by atoms with Gasteiger partial charge in [-0.1, -0.05) is 28.1 Å². The van der Waals surface area contributed by atoms with Crippen LogP contribution in [0, 0.1) is 0 Å². The number of para-hydroxylation sites is 2. The van der Waals surface area contributed by atoms with E-state index in [1.165, 1.54) is 0 Å². The minimum Gasteiger partial charge on any atom is -0.486 e. The Morgan fingerprint density at radius 2 is 1.85 bits per heavy atom. The van der Waals surface area contributed by atoms with Crippen molar-refractivity contribution >= 4 is 27.7 Å². The van der Waals surface area contributed by atoms with Crippen LogP contribution in [0.2, 0.25) is 0 Å². The lowest BCUT2D eigenvalue weighted by atomic mass is 10.2. The minimum absolute atomic E-state index is 0.192. The highest BCUT2D eigenvalue weighted by Crippen LogP contribution is 2.30. The molecule has 0 aromatic heterocycles. The third-order valence-electron chi connectivity index (χ3n) is 4.25. The van der Waals surface area contributed by atoms with E-state index in [1.54, 1.807) is 43.1 Å². The number of nitrogens with zero attached hydrogens (tertiary/aromatic N) is 1. The van der Waals surface area contributed by atoms with E-state index in [9.17, 15) is 9.59 Å². The van der Waals surface area contributed by atoms with Crippen molar-refractivity contribution < 1.29 is 19.1 Å². The molecule has 6 nitrogen and oxygen atoms in total. The number of carbonyl (C=O) groups excluding carboxylic acids is 2. The van der Waals surface area contributed by atoms with Crippen molar-refractivity contribution in [2.45, 2.75) is 19.1 Å². The second kappa shape index (κ2) is 8.43. The summed E-state index contributed by atoms with van der Waals surface area (Å²) >= 11 is 3.33. The fourth-order valence-electron chi connectivity index (χ4n) is 2.82. The van der Waals surface area contributed by atoms with E-state index in [0.717, 1.165) is 4.47 Å². The largest absolute Gasteiger partial charge is 0.486 e. The number of carbonyl (C=O) groups is 2. The molecule has 0 saturated carbocycles. The number of rotatable bonds is 5. The maximum absolute atomic E-state index is 12.6. The molecule has 0 aliphatic carbocycles. The van der Waals surface area contributed by atoms with Gasteiger partial charge in [-0.2, -0.15) is 0 Å². The molecular weight excluding hydrogens is 412 g/mol. The lowest BCUT2D eigenvalue weighted by Crippen LogP contribution is -2.49. The van der Waals surface area contributed by atoms with Gasteiger partial charge in [0.1, 0.15) is 12.6 Å². The first kappa shape index (κ1) is 19.2. The molecule has 2 aromatic carbocycles. The lowest BCUT2D eigenvalue weighted by molar-refractivity contribution is -0.132. The molecule has 0 unspecified atom stereocenters. The molecule has 0 spiro atoms. The van der Waals surface area contributed by atoms with Crippen LogP contribution < -0.4 is 14.8 Å². The van der Waals surface area contributed by atoms with Crippen molar-refractivity contribution in [3.8, 4) is 11.5 Å². The molecule has 7 heteroatoms. The number of hydrogen-bond donors (Lipinski definition) is 1. The van der Waals surface area contributed by atoms with Gasteiger partial charge in [-0.25, -0.2) is 0 Å². The molecule has 0 saturated heterocycles. The summed E-state index contributed by atoms with van der Waals surface area (Å²) in [5.74, 6) is 0.898. The predicted octanol–water partition coefficient (Wildman–Crippen LogP) is 2.87. The second-order valence-corrected chi connectivity index (χ2v) is 7.33. The maximum Gasteiger partial charge on any atom is 0.251 e. The summed E-state index contributed by atoms with van der Waals surface area (Å²) in [4.78, 5) is 26.4. The van der Waals surface area contributed by atoms with Gasteiger partial charge in [-0.3, -0.25) is 9.59 Å². The number of fused-ring (bicyclic) bond motifs is 1. The van der Waals surface area contributed by atoms with Crippen LogP contribution in [-0.4, -0.2) is 49.1 Å². The number of hydrogen-bond acceptors (Lipinski definition) is 4. The smallest absolute Gasteiger partial charge is 0.251 e. The molecule has 2 atom stereocenters. The van der Waals surface area contributed by atoms with Gasteiger partial charge in [-0.05, 0) is 43.3 Å². The van der Waals surface area contributed by atoms with Crippen LogP contribution in [0.15, 0.2) is 53.0 Å². The van der Waals surface area contributed by atoms with Crippen molar-refractivity contribution in [1.29, 1.82) is 0 Å². The van der Waals surface area contributed by atoms with Gasteiger partial charge in [0.05, 0.1) is 6.54 Å². The third-order valence-corrected chi connectivity index (χ3v) is 4.77. The Bertz CT molecular complexity index is 825. The van der Waals surface area contributed by atoms with Gasteiger partial charge < -0.3 is 19.7 Å². The SMILES string of the molecule is C[C@H](NC(=O)c1ccc(Br)cc1)C(=O)N(C)C[C@@H]1COc2ccccc2O1. The van der Waals surface area contributed by atoms with Gasteiger partial charge >= 0.3 is 0 Å². The molecule has 27 heavy (non-hydrogen) atoms. The zero-order valence-corrected chi connectivity index (χ0v) is 16.7. The summed E-state index contributed by atoms with van der Waals surface area (Å²) in [6.07, 6.45) is -0.261. The Morgan fingerprint density at radius 1 is 1.19 bits per heavy atom. The standard InChI is InChI=1S/C20H21BrN2O4/c1-13(22-19(24)14-7-9-15(21)10-8-14)20(25)23(2)11-16-12-26-17-5-3-4-6-18(17)27-16/h3-10,13,16H,11-12H2,1-2H3,(H,22,24)/t13-,16+/m0/s1. The van der Waals surface area contributed by atoms with Crippen LogP contribution in [0.25, 0.3) is 0 Å². The molecule has 0 bridgehead atoms. The Kier molecular flexibility index (Phi) is 6.01. The van der Waals surface area contributed by atoms with Crippen LogP contribution in [0.5, 0.6) is 11.5 Å². The van der Waals surface area contributed by atoms with E-state index in [0.29, 0.717) is 30.2 Å². The first-order chi connectivity index (χ1) is 12.9. The van der Waals surface area contributed by atoms with E-state index in [1.807, 2.05) is 24.3 Å². The van der Waals surface area contributed by atoms with Gasteiger partial charge in [0.25, 0.3) is 5.91 Å². The number of benzene rings is 2. The quantitative estimate of drug-likeness (QED) is 0.788. The summed E-state index contributed by atoms with van der Waals surface area (Å²) < 4.78 is 12.4. The van der Waals surface area contributed by atoms with E-state index < -0.39 is 6.04 Å². The average molecular weight is 433 g/mol. The van der Waals surface area contributed by atoms with Crippen LogP contribution in [0.3, 0.4) is 0 Å². The van der Waals surface area contributed by atoms with Gasteiger partial charge in [0.2, 0.25) is 5.91 Å². The van der Waals surface area contributed by atoms with E-state index >= 15 is 0 Å². The summed E-state index contributed by atoms with van der Waals surface area (Å²) in [5, 5.41) is 2.73. The molecule has 1 heterocycles. The first-order valence-corrected chi connectivity index (χ1v) is 9.43. The van der Waals surface area contributed by atoms with Crippen molar-refractivity contribution in [1.82, 2.24) is 10.2 Å². The highest BCUT2D eigenvalue weighted by molar-refractivity contribution is 9.10. The zero-order valence-electron chi connectivity index (χ0n) is 15.1. The Labute approximate surface area is 166 Å². The lowest BCUT2D eigenvalue weighted by Gasteiger charge is -2.30. The monoisotopic (exact) mass is 432 g/mol. The highest BCUT2D eigenvalue weighted by atomic mass is 79.9. The molecule has 2 amide bonds. The van der Waals surface area contributed by atoms with Crippen LogP contribution >= 0.6 is 15.9 Å². The topological polar surface area (TPSA) is 67.9 Å². The molecule has 0 fully saturated rings. The van der Waals surface area contributed by atoms with Gasteiger partial charge in [0, 0.05) is 17.1 Å². The van der Waals surface area contributed by atoms with Gasteiger partial charge in [0.15, 0.2) is 17.6 Å². The van der Waals surface area contributed by atoms with Crippen LogP contribution in [0.1, 0.15) is 17.3 Å². The Hall–Kier alpha value is -2.54. The fourth-order valence-corrected chi connectivity index (χ4v) is 3.09. The molecule has 1 aliphatic rings. The summed E-state index contributed by atoms with van der Waals surface area (Å²) in [5.41, 5.74) is 0.501. The van der Waals surface area contributed by atoms with Crippen molar-refractivity contribution in [2.24, 2.45) is 0 Å². The summed E-state index contributed by atoms with van der Waals surface area (Å²) in [6.45, 7) is 2.41. The molecule has 0 radical (unpaired) electrons. The van der Waals surface area contributed by atoms with E-state index in [4.69, 9.17) is 9.47 Å². The molecule has 1 N–H and O–H groups in total. The first-order valence-electron chi connectivity index (χ1n) is 8.64.